The molecule has 2 aromatic rings. The molecule has 1 aromatic heterocycles. The number of fused-ring (bicyclic) bond motifs is 1. The van der Waals surface area contributed by atoms with E-state index in [0.717, 1.165) is 29.1 Å². The molecule has 2 heterocycles. The molecule has 1 fully saturated rings. The zero-order chi connectivity index (χ0) is 14.7. The molecule has 1 aliphatic heterocycles. The number of benzene rings is 1. The van der Waals surface area contributed by atoms with Crippen molar-refractivity contribution in [2.45, 2.75) is 45.6 Å². The summed E-state index contributed by atoms with van der Waals surface area (Å²) in [7, 11) is 0. The second-order valence-corrected chi connectivity index (χ2v) is 5.90. The van der Waals surface area contributed by atoms with Crippen LogP contribution in [-0.2, 0) is 6.42 Å². The van der Waals surface area contributed by atoms with Crippen molar-refractivity contribution in [1.82, 2.24) is 9.88 Å². The number of hydrogen-bond donors (Lipinski definition) is 1. The molecule has 3 rings (SSSR count). The molecular weight excluding hydrogens is 262 g/mol. The van der Waals surface area contributed by atoms with Gasteiger partial charge in [0.1, 0.15) is 5.52 Å². The van der Waals surface area contributed by atoms with E-state index in [1.54, 1.807) is 0 Å². The number of piperidine rings is 1. The zero-order valence-corrected chi connectivity index (χ0v) is 13.1. The smallest absolute Gasteiger partial charge is 0.195 e. The van der Waals surface area contributed by atoms with Gasteiger partial charge in [-0.05, 0) is 44.0 Å². The van der Waals surface area contributed by atoms with Crippen molar-refractivity contribution in [3.8, 4) is 0 Å². The Labute approximate surface area is 126 Å². The van der Waals surface area contributed by atoms with Crippen molar-refractivity contribution in [1.29, 1.82) is 0 Å². The van der Waals surface area contributed by atoms with E-state index in [1.807, 2.05) is 6.07 Å². The number of oxazole rings is 1. The molecule has 0 amide bonds. The second-order valence-electron chi connectivity index (χ2n) is 5.90. The molecule has 114 valence electrons. The standard InChI is InChI=1S/C17H25N3O/c1-3-9-20-10-7-13(8-11-20)18-14-5-6-16-15(12-14)19-17(4-2)21-16/h5-6,12-13,18H,3-4,7-11H2,1-2H3. The molecule has 4 heteroatoms. The van der Waals surface area contributed by atoms with Crippen LogP contribution < -0.4 is 5.32 Å². The Kier molecular flexibility index (Phi) is 4.44. The lowest BCUT2D eigenvalue weighted by molar-refractivity contribution is 0.219. The minimum absolute atomic E-state index is 0.577. The number of rotatable bonds is 5. The van der Waals surface area contributed by atoms with Gasteiger partial charge in [0.15, 0.2) is 11.5 Å². The van der Waals surface area contributed by atoms with Crippen LogP contribution in [0, 0.1) is 0 Å². The third-order valence-electron chi connectivity index (χ3n) is 4.23. The van der Waals surface area contributed by atoms with E-state index >= 15 is 0 Å². The maximum absolute atomic E-state index is 5.66. The van der Waals surface area contributed by atoms with E-state index in [4.69, 9.17) is 4.42 Å². The highest BCUT2D eigenvalue weighted by molar-refractivity contribution is 5.77. The van der Waals surface area contributed by atoms with Crippen LogP contribution in [0.25, 0.3) is 11.1 Å². The van der Waals surface area contributed by atoms with Crippen LogP contribution in [0.15, 0.2) is 22.6 Å². The van der Waals surface area contributed by atoms with Crippen LogP contribution in [0.5, 0.6) is 0 Å². The predicted octanol–water partition coefficient (Wildman–Crippen LogP) is 3.68. The van der Waals surface area contributed by atoms with Crippen molar-refractivity contribution in [3.63, 3.8) is 0 Å². The van der Waals surface area contributed by atoms with Gasteiger partial charge in [0.2, 0.25) is 0 Å². The summed E-state index contributed by atoms with van der Waals surface area (Å²) in [6.45, 7) is 7.96. The summed E-state index contributed by atoms with van der Waals surface area (Å²) in [4.78, 5) is 7.07. The van der Waals surface area contributed by atoms with Gasteiger partial charge in [-0.15, -0.1) is 0 Å². The van der Waals surface area contributed by atoms with Gasteiger partial charge in [-0.2, -0.15) is 0 Å². The van der Waals surface area contributed by atoms with Gasteiger partial charge in [0, 0.05) is 31.2 Å². The molecule has 0 spiro atoms. The molecule has 0 atom stereocenters. The van der Waals surface area contributed by atoms with Crippen LogP contribution in [0.1, 0.15) is 39.0 Å². The van der Waals surface area contributed by atoms with E-state index in [2.05, 4.69) is 41.2 Å². The van der Waals surface area contributed by atoms with Crippen molar-refractivity contribution in [2.24, 2.45) is 0 Å². The number of nitrogens with zero attached hydrogens (tertiary/aromatic N) is 2. The van der Waals surface area contributed by atoms with Crippen LogP contribution in [0.4, 0.5) is 5.69 Å². The summed E-state index contributed by atoms with van der Waals surface area (Å²) in [5.41, 5.74) is 3.00. The first kappa shape index (κ1) is 14.4. The van der Waals surface area contributed by atoms with Gasteiger partial charge >= 0.3 is 0 Å². The lowest BCUT2D eigenvalue weighted by Gasteiger charge is -2.32. The lowest BCUT2D eigenvalue weighted by atomic mass is 10.0. The first-order chi connectivity index (χ1) is 10.3. The highest BCUT2D eigenvalue weighted by atomic mass is 16.3. The van der Waals surface area contributed by atoms with Gasteiger partial charge in [0.05, 0.1) is 0 Å². The van der Waals surface area contributed by atoms with Crippen molar-refractivity contribution in [2.75, 3.05) is 25.0 Å². The van der Waals surface area contributed by atoms with E-state index in [-0.39, 0.29) is 0 Å². The number of likely N-dealkylation sites (tertiary alicyclic amines) is 1. The number of nitrogens with one attached hydrogen (secondary N) is 1. The lowest BCUT2D eigenvalue weighted by Crippen LogP contribution is -2.39. The molecule has 0 bridgehead atoms. The van der Waals surface area contributed by atoms with Gasteiger partial charge in [-0.25, -0.2) is 4.98 Å². The van der Waals surface area contributed by atoms with Gasteiger partial charge in [0.25, 0.3) is 0 Å². The highest BCUT2D eigenvalue weighted by Crippen LogP contribution is 2.22. The quantitative estimate of drug-likeness (QED) is 0.911. The molecule has 0 radical (unpaired) electrons. The molecule has 1 N–H and O–H groups in total. The highest BCUT2D eigenvalue weighted by Gasteiger charge is 2.18. The second kappa shape index (κ2) is 6.48. The van der Waals surface area contributed by atoms with Crippen LogP contribution in [0.2, 0.25) is 0 Å². The van der Waals surface area contributed by atoms with Gasteiger partial charge in [-0.3, -0.25) is 0 Å². The van der Waals surface area contributed by atoms with Crippen LogP contribution in [-0.4, -0.2) is 35.6 Å². The summed E-state index contributed by atoms with van der Waals surface area (Å²) >= 11 is 0. The average molecular weight is 287 g/mol. The zero-order valence-electron chi connectivity index (χ0n) is 13.1. The Balaban J connectivity index is 1.62. The van der Waals surface area contributed by atoms with E-state index in [9.17, 15) is 0 Å². The first-order valence-electron chi connectivity index (χ1n) is 8.17. The molecule has 1 aromatic carbocycles. The molecule has 1 saturated heterocycles. The maximum Gasteiger partial charge on any atom is 0.195 e. The maximum atomic E-state index is 5.66. The summed E-state index contributed by atoms with van der Waals surface area (Å²) in [5.74, 6) is 0.815. The van der Waals surface area contributed by atoms with E-state index in [1.165, 1.54) is 38.9 Å². The Morgan fingerprint density at radius 2 is 2.10 bits per heavy atom. The monoisotopic (exact) mass is 287 g/mol. The summed E-state index contributed by atoms with van der Waals surface area (Å²) in [6, 6.07) is 6.81. The minimum atomic E-state index is 0.577. The average Bonchev–Trinajstić information content (AvgIpc) is 2.92. The molecule has 4 nitrogen and oxygen atoms in total. The Morgan fingerprint density at radius 3 is 2.81 bits per heavy atom. The SMILES string of the molecule is CCCN1CCC(Nc2ccc3oc(CC)nc3c2)CC1. The van der Waals surface area contributed by atoms with Gasteiger partial charge in [-0.1, -0.05) is 13.8 Å². The van der Waals surface area contributed by atoms with Crippen LogP contribution in [0.3, 0.4) is 0 Å². The van der Waals surface area contributed by atoms with Crippen molar-refractivity contribution in [3.05, 3.63) is 24.1 Å². The van der Waals surface area contributed by atoms with Crippen LogP contribution >= 0.6 is 0 Å². The molecule has 21 heavy (non-hydrogen) atoms. The summed E-state index contributed by atoms with van der Waals surface area (Å²) in [6.07, 6.45) is 4.53. The number of aromatic nitrogens is 1. The molecule has 0 aliphatic carbocycles. The van der Waals surface area contributed by atoms with E-state index < -0.39 is 0 Å². The largest absolute Gasteiger partial charge is 0.441 e. The van der Waals surface area contributed by atoms with Crippen molar-refractivity contribution >= 4 is 16.8 Å². The number of hydrogen-bond acceptors (Lipinski definition) is 4. The Morgan fingerprint density at radius 1 is 1.29 bits per heavy atom. The normalized spacial score (nSPS) is 17.4. The summed E-state index contributed by atoms with van der Waals surface area (Å²) in [5, 5.41) is 3.65. The fourth-order valence-electron chi connectivity index (χ4n) is 3.07. The minimum Gasteiger partial charge on any atom is -0.441 e. The summed E-state index contributed by atoms with van der Waals surface area (Å²) < 4.78 is 5.66. The molecule has 0 saturated carbocycles. The number of aryl methyl sites for hydroxylation is 1. The number of anilines is 1. The predicted molar refractivity (Wildman–Crippen MR) is 86.8 cm³/mol. The topological polar surface area (TPSA) is 41.3 Å². The molecular formula is C17H25N3O. The third kappa shape index (κ3) is 3.38. The van der Waals surface area contributed by atoms with Crippen molar-refractivity contribution < 1.29 is 4.42 Å². The third-order valence-corrected chi connectivity index (χ3v) is 4.23. The fraction of sp³-hybridized carbons (Fsp3) is 0.588. The fourth-order valence-corrected chi connectivity index (χ4v) is 3.07. The Hall–Kier alpha value is -1.55. The first-order valence-corrected chi connectivity index (χ1v) is 8.17. The molecule has 0 unspecified atom stereocenters. The Bertz CT molecular complexity index is 585. The molecule has 1 aliphatic rings. The van der Waals surface area contributed by atoms with E-state index in [0.29, 0.717) is 6.04 Å². The van der Waals surface area contributed by atoms with Gasteiger partial charge < -0.3 is 14.6 Å².